The molecule has 6 heteroatoms. The first-order chi connectivity index (χ1) is 10.0. The average Bonchev–Trinajstić information content (AvgIpc) is 2.87. The second-order valence-electron chi connectivity index (χ2n) is 4.56. The van der Waals surface area contributed by atoms with Gasteiger partial charge in [-0.05, 0) is 35.6 Å². The van der Waals surface area contributed by atoms with Crippen LogP contribution in [-0.2, 0) is 11.2 Å². The molecule has 21 heavy (non-hydrogen) atoms. The number of rotatable bonds is 5. The zero-order chi connectivity index (χ0) is 15.4. The van der Waals surface area contributed by atoms with E-state index in [1.807, 2.05) is 25.1 Å². The fraction of sp³-hybridized carbons (Fsp3) is 0.200. The minimum Gasteiger partial charge on any atom is -0.496 e. The summed E-state index contributed by atoms with van der Waals surface area (Å²) in [6.07, 6.45) is 0.223. The van der Waals surface area contributed by atoms with Crippen molar-refractivity contribution in [2.24, 2.45) is 5.73 Å². The monoisotopic (exact) mass is 304 g/mol. The van der Waals surface area contributed by atoms with Crippen LogP contribution in [-0.4, -0.2) is 18.9 Å². The normalized spacial score (nSPS) is 10.2. The first kappa shape index (κ1) is 15.1. The zero-order valence-corrected chi connectivity index (χ0v) is 12.6. The summed E-state index contributed by atoms with van der Waals surface area (Å²) in [5.41, 5.74) is 7.42. The van der Waals surface area contributed by atoms with Crippen molar-refractivity contribution in [2.45, 2.75) is 13.3 Å². The molecule has 0 aliphatic rings. The number of methoxy groups -OCH3 is 1. The molecule has 1 aromatic carbocycles. The van der Waals surface area contributed by atoms with E-state index in [0.717, 1.165) is 16.9 Å². The highest BCUT2D eigenvalue weighted by Crippen LogP contribution is 2.23. The van der Waals surface area contributed by atoms with Crippen LogP contribution < -0.4 is 15.8 Å². The highest BCUT2D eigenvalue weighted by atomic mass is 32.1. The molecular weight excluding hydrogens is 288 g/mol. The topological polar surface area (TPSA) is 81.4 Å². The van der Waals surface area contributed by atoms with Gasteiger partial charge in [0.1, 0.15) is 10.8 Å². The Morgan fingerprint density at radius 3 is 2.71 bits per heavy atom. The smallest absolute Gasteiger partial charge is 0.251 e. The summed E-state index contributed by atoms with van der Waals surface area (Å²) in [6.45, 7) is 1.92. The van der Waals surface area contributed by atoms with Crippen molar-refractivity contribution in [1.82, 2.24) is 0 Å². The van der Waals surface area contributed by atoms with E-state index < -0.39 is 5.91 Å². The van der Waals surface area contributed by atoms with Crippen molar-refractivity contribution in [3.8, 4) is 5.75 Å². The molecule has 0 radical (unpaired) electrons. The predicted octanol–water partition coefficient (Wildman–Crippen LogP) is 2.35. The van der Waals surface area contributed by atoms with Gasteiger partial charge in [-0.25, -0.2) is 0 Å². The Balaban J connectivity index is 2.06. The van der Waals surface area contributed by atoms with Gasteiger partial charge >= 0.3 is 0 Å². The Labute approximate surface area is 126 Å². The van der Waals surface area contributed by atoms with Crippen molar-refractivity contribution in [2.75, 3.05) is 12.4 Å². The quantitative estimate of drug-likeness (QED) is 0.889. The van der Waals surface area contributed by atoms with E-state index in [1.165, 1.54) is 11.3 Å². The standard InChI is InChI=1S/C15H16N2O3S/c1-9-7-10(3-4-12(9)20-2)8-13(18)17-15-11(14(16)19)5-6-21-15/h3-7H,8H2,1-2H3,(H2,16,19)(H,17,18). The Morgan fingerprint density at radius 2 is 2.10 bits per heavy atom. The number of carbonyl (C=O) groups excluding carboxylic acids is 2. The van der Waals surface area contributed by atoms with E-state index in [-0.39, 0.29) is 12.3 Å². The van der Waals surface area contributed by atoms with E-state index in [2.05, 4.69) is 5.32 Å². The van der Waals surface area contributed by atoms with Crippen LogP contribution in [0.4, 0.5) is 5.00 Å². The minimum atomic E-state index is -0.549. The van der Waals surface area contributed by atoms with Gasteiger partial charge in [0.05, 0.1) is 19.1 Å². The summed E-state index contributed by atoms with van der Waals surface area (Å²) in [6, 6.07) is 7.18. The van der Waals surface area contributed by atoms with Gasteiger partial charge in [0.15, 0.2) is 0 Å². The van der Waals surface area contributed by atoms with Crippen LogP contribution in [0.1, 0.15) is 21.5 Å². The summed E-state index contributed by atoms with van der Waals surface area (Å²) < 4.78 is 5.18. The lowest BCUT2D eigenvalue weighted by atomic mass is 10.1. The largest absolute Gasteiger partial charge is 0.496 e. The molecule has 0 aliphatic carbocycles. The number of amides is 2. The van der Waals surface area contributed by atoms with Gasteiger partial charge in [-0.1, -0.05) is 12.1 Å². The molecule has 0 spiro atoms. The minimum absolute atomic E-state index is 0.190. The molecule has 0 fully saturated rings. The highest BCUT2D eigenvalue weighted by Gasteiger charge is 2.13. The third kappa shape index (κ3) is 3.61. The van der Waals surface area contributed by atoms with Crippen LogP contribution in [0.3, 0.4) is 0 Å². The molecule has 0 unspecified atom stereocenters. The molecule has 110 valence electrons. The summed E-state index contributed by atoms with van der Waals surface area (Å²) >= 11 is 1.27. The SMILES string of the molecule is COc1ccc(CC(=O)Nc2sccc2C(N)=O)cc1C. The highest BCUT2D eigenvalue weighted by molar-refractivity contribution is 7.14. The molecule has 2 amide bonds. The van der Waals surface area contributed by atoms with E-state index in [1.54, 1.807) is 18.6 Å². The van der Waals surface area contributed by atoms with E-state index in [4.69, 9.17) is 10.5 Å². The first-order valence-corrected chi connectivity index (χ1v) is 7.20. The summed E-state index contributed by atoms with van der Waals surface area (Å²) in [4.78, 5) is 23.2. The number of ether oxygens (including phenoxy) is 1. The number of carbonyl (C=O) groups is 2. The lowest BCUT2D eigenvalue weighted by Crippen LogP contribution is -2.17. The molecule has 5 nitrogen and oxygen atoms in total. The maximum Gasteiger partial charge on any atom is 0.251 e. The van der Waals surface area contributed by atoms with E-state index in [0.29, 0.717) is 10.6 Å². The molecule has 0 saturated heterocycles. The lowest BCUT2D eigenvalue weighted by molar-refractivity contribution is -0.115. The maximum absolute atomic E-state index is 12.0. The maximum atomic E-state index is 12.0. The van der Waals surface area contributed by atoms with Crippen LogP contribution >= 0.6 is 11.3 Å². The second kappa shape index (κ2) is 6.41. The molecule has 0 atom stereocenters. The van der Waals surface area contributed by atoms with Crippen molar-refractivity contribution in [1.29, 1.82) is 0 Å². The molecule has 2 rings (SSSR count). The van der Waals surface area contributed by atoms with Gasteiger partial charge < -0.3 is 15.8 Å². The lowest BCUT2D eigenvalue weighted by Gasteiger charge is -2.08. The van der Waals surface area contributed by atoms with E-state index >= 15 is 0 Å². The molecular formula is C15H16N2O3S. The molecule has 0 bridgehead atoms. The van der Waals surface area contributed by atoms with Gasteiger partial charge in [0, 0.05) is 0 Å². The Morgan fingerprint density at radius 1 is 1.33 bits per heavy atom. The molecule has 0 saturated carbocycles. The number of hydrogen-bond donors (Lipinski definition) is 2. The second-order valence-corrected chi connectivity index (χ2v) is 5.47. The van der Waals surface area contributed by atoms with E-state index in [9.17, 15) is 9.59 Å². The number of hydrogen-bond acceptors (Lipinski definition) is 4. The average molecular weight is 304 g/mol. The number of benzene rings is 1. The Kier molecular flexibility index (Phi) is 4.59. The number of thiophene rings is 1. The van der Waals surface area contributed by atoms with Gasteiger partial charge in [0.25, 0.3) is 5.91 Å². The Bertz CT molecular complexity index is 679. The summed E-state index contributed by atoms with van der Waals surface area (Å²) in [5, 5.41) is 4.92. The van der Waals surface area contributed by atoms with Crippen LogP contribution in [0.2, 0.25) is 0 Å². The summed E-state index contributed by atoms with van der Waals surface area (Å²) in [5.74, 6) is 0.0461. The number of primary amides is 1. The number of aryl methyl sites for hydroxylation is 1. The van der Waals surface area contributed by atoms with Crippen molar-refractivity contribution in [3.05, 3.63) is 46.3 Å². The fourth-order valence-electron chi connectivity index (χ4n) is 2.01. The third-order valence-electron chi connectivity index (χ3n) is 3.01. The molecule has 3 N–H and O–H groups in total. The molecule has 1 aromatic heterocycles. The zero-order valence-electron chi connectivity index (χ0n) is 11.8. The first-order valence-electron chi connectivity index (χ1n) is 6.32. The van der Waals surface area contributed by atoms with Crippen LogP contribution in [0.15, 0.2) is 29.6 Å². The number of anilines is 1. The van der Waals surface area contributed by atoms with Gasteiger partial charge in [-0.2, -0.15) is 0 Å². The molecule has 0 aliphatic heterocycles. The number of nitrogens with one attached hydrogen (secondary N) is 1. The third-order valence-corrected chi connectivity index (χ3v) is 3.84. The predicted molar refractivity (Wildman–Crippen MR) is 82.9 cm³/mol. The van der Waals surface area contributed by atoms with Crippen LogP contribution in [0, 0.1) is 6.92 Å². The summed E-state index contributed by atoms with van der Waals surface area (Å²) in [7, 11) is 1.61. The molecule has 1 heterocycles. The fourth-order valence-corrected chi connectivity index (χ4v) is 2.82. The Hall–Kier alpha value is -2.34. The number of nitrogens with two attached hydrogens (primary N) is 1. The van der Waals surface area contributed by atoms with Crippen LogP contribution in [0.5, 0.6) is 5.75 Å². The van der Waals surface area contributed by atoms with Crippen molar-refractivity contribution >= 4 is 28.2 Å². The van der Waals surface area contributed by atoms with Gasteiger partial charge in [0.2, 0.25) is 5.91 Å². The molecule has 2 aromatic rings. The van der Waals surface area contributed by atoms with Gasteiger partial charge in [-0.15, -0.1) is 11.3 Å². The van der Waals surface area contributed by atoms with Crippen LogP contribution in [0.25, 0.3) is 0 Å². The van der Waals surface area contributed by atoms with Gasteiger partial charge in [-0.3, -0.25) is 9.59 Å². The van der Waals surface area contributed by atoms with Crippen molar-refractivity contribution in [3.63, 3.8) is 0 Å². The van der Waals surface area contributed by atoms with Crippen molar-refractivity contribution < 1.29 is 14.3 Å².